The lowest BCUT2D eigenvalue weighted by Crippen LogP contribution is -2.35. The van der Waals surface area contributed by atoms with Crippen molar-refractivity contribution in [2.24, 2.45) is 5.73 Å². The Balaban J connectivity index is 3.37. The maximum absolute atomic E-state index is 10.4. The highest BCUT2D eigenvalue weighted by molar-refractivity contribution is 5.92. The summed E-state index contributed by atoms with van der Waals surface area (Å²) < 4.78 is 0. The highest BCUT2D eigenvalue weighted by atomic mass is 16.1. The Hall–Kier alpha value is -1.01. The Kier molecular flexibility index (Phi) is 4.34. The summed E-state index contributed by atoms with van der Waals surface area (Å²) in [5, 5.41) is 2.48. The molecule has 0 aliphatic carbocycles. The van der Waals surface area contributed by atoms with Crippen molar-refractivity contribution in [1.29, 1.82) is 0 Å². The molecule has 0 bridgehead atoms. The van der Waals surface area contributed by atoms with E-state index in [0.29, 0.717) is 6.54 Å². The van der Waals surface area contributed by atoms with E-state index in [0.717, 1.165) is 6.42 Å². The molecule has 56 valence electrons. The number of nitrogens with two attached hydrogens (primary N) is 1. The smallest absolute Gasteiger partial charge is 0.295 e. The van der Waals surface area contributed by atoms with E-state index in [1.807, 2.05) is 12.8 Å². The van der Waals surface area contributed by atoms with Crippen LogP contribution in [0.4, 0.5) is 0 Å². The molecule has 1 amide bonds. The quantitative estimate of drug-likeness (QED) is 0.518. The van der Waals surface area contributed by atoms with E-state index in [-0.39, 0.29) is 6.04 Å². The Labute approximate surface area is 61.0 Å². The average Bonchev–Trinajstić information content (AvgIpc) is 1.99. The van der Waals surface area contributed by atoms with Crippen molar-refractivity contribution in [3.05, 3.63) is 0 Å². The standard InChI is InChI=1S/C7H12N2O/c1-3-6(8)5-9-7(10)4-2/h2,6H,3,5,8H2,1H3,(H,9,10). The van der Waals surface area contributed by atoms with Crippen molar-refractivity contribution in [2.75, 3.05) is 6.54 Å². The number of hydrogen-bond acceptors (Lipinski definition) is 2. The monoisotopic (exact) mass is 140 g/mol. The van der Waals surface area contributed by atoms with Gasteiger partial charge < -0.3 is 11.1 Å². The van der Waals surface area contributed by atoms with Gasteiger partial charge in [0.25, 0.3) is 5.91 Å². The number of carbonyl (C=O) groups is 1. The van der Waals surface area contributed by atoms with Crippen LogP contribution in [0.15, 0.2) is 0 Å². The summed E-state index contributed by atoms with van der Waals surface area (Å²) in [5.41, 5.74) is 5.49. The zero-order chi connectivity index (χ0) is 7.98. The second-order valence-corrected chi connectivity index (χ2v) is 2.02. The molecular weight excluding hydrogens is 128 g/mol. The summed E-state index contributed by atoms with van der Waals surface area (Å²) in [4.78, 5) is 10.4. The van der Waals surface area contributed by atoms with Gasteiger partial charge in [0.2, 0.25) is 0 Å². The van der Waals surface area contributed by atoms with E-state index >= 15 is 0 Å². The molecule has 0 aromatic rings. The van der Waals surface area contributed by atoms with E-state index in [1.165, 1.54) is 0 Å². The molecule has 0 aliphatic rings. The zero-order valence-electron chi connectivity index (χ0n) is 6.05. The summed E-state index contributed by atoms with van der Waals surface area (Å²) in [6.45, 7) is 2.41. The largest absolute Gasteiger partial charge is 0.344 e. The van der Waals surface area contributed by atoms with Crippen LogP contribution in [0, 0.1) is 12.3 Å². The Morgan fingerprint density at radius 1 is 1.90 bits per heavy atom. The second-order valence-electron chi connectivity index (χ2n) is 2.02. The van der Waals surface area contributed by atoms with Gasteiger partial charge in [-0.15, -0.1) is 6.42 Å². The number of carbonyl (C=O) groups excluding carboxylic acids is 1. The van der Waals surface area contributed by atoms with E-state index in [9.17, 15) is 4.79 Å². The molecular formula is C7H12N2O. The van der Waals surface area contributed by atoms with Crippen molar-refractivity contribution in [1.82, 2.24) is 5.32 Å². The molecule has 0 rings (SSSR count). The lowest BCUT2D eigenvalue weighted by atomic mass is 10.2. The predicted molar refractivity (Wildman–Crippen MR) is 40.1 cm³/mol. The highest BCUT2D eigenvalue weighted by Crippen LogP contribution is 1.81. The third kappa shape index (κ3) is 3.93. The number of terminal acetylenes is 1. The molecule has 0 spiro atoms. The maximum Gasteiger partial charge on any atom is 0.295 e. The molecule has 3 heteroatoms. The molecule has 0 saturated heterocycles. The number of amides is 1. The maximum atomic E-state index is 10.4. The first-order valence-corrected chi connectivity index (χ1v) is 3.20. The summed E-state index contributed by atoms with van der Waals surface area (Å²) in [7, 11) is 0. The van der Waals surface area contributed by atoms with Gasteiger partial charge in [0.15, 0.2) is 0 Å². The van der Waals surface area contributed by atoms with Crippen molar-refractivity contribution in [3.8, 4) is 12.3 Å². The summed E-state index contributed by atoms with van der Waals surface area (Å²) >= 11 is 0. The van der Waals surface area contributed by atoms with Crippen LogP contribution < -0.4 is 11.1 Å². The zero-order valence-corrected chi connectivity index (χ0v) is 6.05. The molecule has 0 saturated carbocycles. The average molecular weight is 140 g/mol. The molecule has 10 heavy (non-hydrogen) atoms. The summed E-state index contributed by atoms with van der Waals surface area (Å²) in [6, 6.07) is 0.0114. The van der Waals surface area contributed by atoms with E-state index in [1.54, 1.807) is 0 Å². The second kappa shape index (κ2) is 4.83. The van der Waals surface area contributed by atoms with Crippen LogP contribution in [-0.2, 0) is 4.79 Å². The lowest BCUT2D eigenvalue weighted by molar-refractivity contribution is -0.115. The van der Waals surface area contributed by atoms with Gasteiger partial charge in [0, 0.05) is 12.6 Å². The van der Waals surface area contributed by atoms with Crippen LogP contribution in [-0.4, -0.2) is 18.5 Å². The van der Waals surface area contributed by atoms with Gasteiger partial charge in [-0.05, 0) is 12.3 Å². The third-order valence-corrected chi connectivity index (χ3v) is 1.18. The first-order valence-electron chi connectivity index (χ1n) is 3.20. The topological polar surface area (TPSA) is 55.1 Å². The molecule has 0 aromatic carbocycles. The molecule has 3 N–H and O–H groups in total. The van der Waals surface area contributed by atoms with Crippen molar-refractivity contribution >= 4 is 5.91 Å². The van der Waals surface area contributed by atoms with Crippen LogP contribution >= 0.6 is 0 Å². The minimum Gasteiger partial charge on any atom is -0.344 e. The first kappa shape index (κ1) is 8.99. The molecule has 3 nitrogen and oxygen atoms in total. The van der Waals surface area contributed by atoms with Crippen molar-refractivity contribution in [2.45, 2.75) is 19.4 Å². The fourth-order valence-corrected chi connectivity index (χ4v) is 0.419. The van der Waals surface area contributed by atoms with Crippen LogP contribution in [0.3, 0.4) is 0 Å². The van der Waals surface area contributed by atoms with Crippen LogP contribution in [0.1, 0.15) is 13.3 Å². The van der Waals surface area contributed by atoms with E-state index in [2.05, 4.69) is 5.32 Å². The lowest BCUT2D eigenvalue weighted by Gasteiger charge is -2.06. The molecule has 0 aromatic heterocycles. The van der Waals surface area contributed by atoms with Gasteiger partial charge in [-0.3, -0.25) is 4.79 Å². The first-order chi connectivity index (χ1) is 4.70. The third-order valence-electron chi connectivity index (χ3n) is 1.18. The van der Waals surface area contributed by atoms with Gasteiger partial charge in [-0.25, -0.2) is 0 Å². The van der Waals surface area contributed by atoms with E-state index in [4.69, 9.17) is 12.2 Å². The fourth-order valence-electron chi connectivity index (χ4n) is 0.419. The van der Waals surface area contributed by atoms with Crippen LogP contribution in [0.2, 0.25) is 0 Å². The number of rotatable bonds is 3. The SMILES string of the molecule is C#CC(=O)NCC(N)CC. The minimum atomic E-state index is -0.399. The van der Waals surface area contributed by atoms with Crippen LogP contribution in [0.5, 0.6) is 0 Å². The predicted octanol–water partition coefficient (Wildman–Crippen LogP) is -0.527. The highest BCUT2D eigenvalue weighted by Gasteiger charge is 1.99. The van der Waals surface area contributed by atoms with Crippen molar-refractivity contribution in [3.63, 3.8) is 0 Å². The van der Waals surface area contributed by atoms with Gasteiger partial charge in [0.05, 0.1) is 0 Å². The molecule has 0 fully saturated rings. The Morgan fingerprint density at radius 2 is 2.50 bits per heavy atom. The van der Waals surface area contributed by atoms with Crippen LogP contribution in [0.25, 0.3) is 0 Å². The molecule has 0 radical (unpaired) electrons. The normalized spacial score (nSPS) is 11.7. The number of hydrogen-bond donors (Lipinski definition) is 2. The minimum absolute atomic E-state index is 0.0114. The van der Waals surface area contributed by atoms with E-state index < -0.39 is 5.91 Å². The van der Waals surface area contributed by atoms with Gasteiger partial charge in [0.1, 0.15) is 0 Å². The molecule has 0 heterocycles. The molecule has 0 aliphatic heterocycles. The molecule has 1 unspecified atom stereocenters. The van der Waals surface area contributed by atoms with Gasteiger partial charge >= 0.3 is 0 Å². The fraction of sp³-hybridized carbons (Fsp3) is 0.571. The number of nitrogens with one attached hydrogen (secondary N) is 1. The van der Waals surface area contributed by atoms with Crippen molar-refractivity contribution < 1.29 is 4.79 Å². The summed E-state index contributed by atoms with van der Waals surface area (Å²) in [6.07, 6.45) is 5.64. The van der Waals surface area contributed by atoms with Gasteiger partial charge in [-0.1, -0.05) is 6.92 Å². The Morgan fingerprint density at radius 3 is 2.90 bits per heavy atom. The van der Waals surface area contributed by atoms with Gasteiger partial charge in [-0.2, -0.15) is 0 Å². The molecule has 1 atom stereocenters. The summed E-state index contributed by atoms with van der Waals surface area (Å²) in [5.74, 6) is 1.54. The Bertz CT molecular complexity index is 148.